The van der Waals surface area contributed by atoms with Gasteiger partial charge in [-0.3, -0.25) is 29.3 Å². The summed E-state index contributed by atoms with van der Waals surface area (Å²) in [6, 6.07) is -0.837. The Hall–Kier alpha value is -3.44. The first kappa shape index (κ1) is 37.6. The lowest BCUT2D eigenvalue weighted by atomic mass is 10.1. The third kappa shape index (κ3) is 22.8. The zero-order chi connectivity index (χ0) is 31.5. The van der Waals surface area contributed by atoms with Crippen molar-refractivity contribution in [3.63, 3.8) is 0 Å². The van der Waals surface area contributed by atoms with Gasteiger partial charge in [0.25, 0.3) is 0 Å². The molecular formula is C27H46N6O10. The summed E-state index contributed by atoms with van der Waals surface area (Å²) in [5, 5.41) is 20.1. The van der Waals surface area contributed by atoms with Gasteiger partial charge in [-0.15, -0.1) is 0 Å². The molecule has 0 unspecified atom stereocenters. The molecule has 1 atom stereocenters. The topological polar surface area (TPSA) is 219 Å². The highest BCUT2D eigenvalue weighted by Crippen LogP contribution is 2.02. The van der Waals surface area contributed by atoms with E-state index in [-0.39, 0.29) is 69.7 Å². The van der Waals surface area contributed by atoms with Crippen molar-refractivity contribution >= 4 is 29.5 Å². The number of ether oxygens (including phenoxy) is 4. The third-order valence-corrected chi connectivity index (χ3v) is 5.71. The molecule has 43 heavy (non-hydrogen) atoms. The van der Waals surface area contributed by atoms with Crippen molar-refractivity contribution in [1.82, 2.24) is 31.2 Å². The van der Waals surface area contributed by atoms with E-state index in [9.17, 15) is 29.1 Å². The van der Waals surface area contributed by atoms with Gasteiger partial charge in [0.2, 0.25) is 17.7 Å². The molecule has 0 fully saturated rings. The summed E-state index contributed by atoms with van der Waals surface area (Å²) in [6.07, 6.45) is 5.46. The summed E-state index contributed by atoms with van der Waals surface area (Å²) in [7, 11) is 0. The van der Waals surface area contributed by atoms with Crippen LogP contribution in [-0.2, 0) is 49.3 Å². The van der Waals surface area contributed by atoms with E-state index < -0.39 is 12.0 Å². The smallest absolute Gasteiger partial charge is 0.320 e. The largest absolute Gasteiger partial charge is 0.480 e. The van der Waals surface area contributed by atoms with E-state index in [0.29, 0.717) is 65.0 Å². The van der Waals surface area contributed by atoms with Crippen LogP contribution in [-0.4, -0.2) is 130 Å². The highest BCUT2D eigenvalue weighted by Gasteiger charge is 2.17. The minimum Gasteiger partial charge on any atom is -0.480 e. The zero-order valence-corrected chi connectivity index (χ0v) is 24.8. The number of Topliss-reactive ketones (excluding diaryl/α,β-unsaturated/α-hetero) is 1. The Morgan fingerprint density at radius 2 is 1.44 bits per heavy atom. The molecule has 0 aliphatic heterocycles. The van der Waals surface area contributed by atoms with Crippen molar-refractivity contribution in [3.05, 3.63) is 18.2 Å². The number of carbonyl (C=O) groups excluding carboxylic acids is 4. The number of hydrogen-bond acceptors (Lipinski definition) is 11. The normalized spacial score (nSPS) is 11.6. The van der Waals surface area contributed by atoms with Gasteiger partial charge < -0.3 is 45.0 Å². The lowest BCUT2D eigenvalue weighted by Crippen LogP contribution is -2.40. The molecule has 16 nitrogen and oxygen atoms in total. The van der Waals surface area contributed by atoms with E-state index in [4.69, 9.17) is 18.9 Å². The number of aryl methyl sites for hydroxylation is 1. The summed E-state index contributed by atoms with van der Waals surface area (Å²) in [5.41, 5.74) is 0.849. The van der Waals surface area contributed by atoms with Crippen LogP contribution >= 0.6 is 0 Å². The number of rotatable bonds is 28. The first-order chi connectivity index (χ1) is 20.8. The average Bonchev–Trinajstić information content (AvgIpc) is 3.49. The summed E-state index contributed by atoms with van der Waals surface area (Å²) in [5.74, 6) is -1.79. The minimum absolute atomic E-state index is 0.0206. The molecule has 1 aromatic rings. The molecule has 0 bridgehead atoms. The van der Waals surface area contributed by atoms with Crippen molar-refractivity contribution in [3.8, 4) is 0 Å². The average molecular weight is 615 g/mol. The monoisotopic (exact) mass is 614 g/mol. The summed E-state index contributed by atoms with van der Waals surface area (Å²) >= 11 is 0. The number of hydrogen-bond donors (Lipinski definition) is 6. The van der Waals surface area contributed by atoms with Crippen molar-refractivity contribution in [2.45, 2.75) is 45.1 Å². The second-order valence-electron chi connectivity index (χ2n) is 9.40. The van der Waals surface area contributed by atoms with Gasteiger partial charge in [0.1, 0.15) is 25.0 Å². The molecule has 1 heterocycles. The number of nitrogens with zero attached hydrogens (tertiary/aromatic N) is 1. The van der Waals surface area contributed by atoms with Crippen LogP contribution in [0.2, 0.25) is 0 Å². The number of imidazole rings is 1. The fourth-order valence-electron chi connectivity index (χ4n) is 3.47. The van der Waals surface area contributed by atoms with Gasteiger partial charge in [0.15, 0.2) is 0 Å². The lowest BCUT2D eigenvalue weighted by molar-refractivity contribution is -0.139. The fourth-order valence-corrected chi connectivity index (χ4v) is 3.47. The highest BCUT2D eigenvalue weighted by atomic mass is 16.5. The van der Waals surface area contributed by atoms with Crippen LogP contribution in [0.4, 0.5) is 0 Å². The zero-order valence-electron chi connectivity index (χ0n) is 24.8. The Morgan fingerprint density at radius 1 is 0.837 bits per heavy atom. The molecule has 244 valence electrons. The predicted molar refractivity (Wildman–Crippen MR) is 153 cm³/mol. The molecule has 0 aliphatic rings. The van der Waals surface area contributed by atoms with Crippen LogP contribution < -0.4 is 21.3 Å². The molecule has 0 aliphatic carbocycles. The van der Waals surface area contributed by atoms with Crippen LogP contribution in [0.3, 0.4) is 0 Å². The predicted octanol–water partition coefficient (Wildman–Crippen LogP) is -1.44. The highest BCUT2D eigenvalue weighted by molar-refractivity contribution is 5.82. The Balaban J connectivity index is 1.91. The minimum atomic E-state index is -1.02. The lowest BCUT2D eigenvalue weighted by Gasteiger charge is -2.14. The number of H-pyrrole nitrogens is 1. The Kier molecular flexibility index (Phi) is 21.9. The second kappa shape index (κ2) is 25.1. The van der Waals surface area contributed by atoms with Crippen LogP contribution in [0.1, 0.15) is 38.3 Å². The van der Waals surface area contributed by atoms with Gasteiger partial charge in [-0.05, 0) is 25.7 Å². The number of carbonyl (C=O) groups is 5. The molecule has 3 amide bonds. The molecule has 0 saturated heterocycles. The molecule has 6 N–H and O–H groups in total. The molecule has 0 radical (unpaired) electrons. The summed E-state index contributed by atoms with van der Waals surface area (Å²) in [4.78, 5) is 64.5. The SMILES string of the molecule is CC(=O)NCCOCCOCC(=O)NCCOCCOCC(=O)NCCCC[C@H](NCC(=O)CCc1cnc[nH]1)C(=O)O. The Labute approximate surface area is 251 Å². The number of carboxylic acid groups (broad SMARTS) is 1. The maximum Gasteiger partial charge on any atom is 0.320 e. The molecular weight excluding hydrogens is 568 g/mol. The number of aromatic nitrogens is 2. The fraction of sp³-hybridized carbons (Fsp3) is 0.704. The van der Waals surface area contributed by atoms with E-state index >= 15 is 0 Å². The van der Waals surface area contributed by atoms with Crippen molar-refractivity contribution < 1.29 is 48.0 Å². The standard InChI is InChI=1S/C27H46N6O10/c1-21(34)29-8-10-40-12-14-43-19-26(37)31-9-11-41-13-15-42-18-25(36)30-7-3-2-4-24(27(38)39)32-17-23(35)6-5-22-16-28-20-33-22/h16,20,24,32H,2-15,17-19H2,1H3,(H,28,33)(H,29,34)(H,30,36)(H,31,37)(H,38,39)/t24-/m0/s1. The first-order valence-corrected chi connectivity index (χ1v) is 14.3. The molecule has 0 spiro atoms. The van der Waals surface area contributed by atoms with Crippen LogP contribution in [0, 0.1) is 0 Å². The third-order valence-electron chi connectivity index (χ3n) is 5.71. The van der Waals surface area contributed by atoms with Crippen LogP contribution in [0.15, 0.2) is 12.5 Å². The Morgan fingerprint density at radius 3 is 2.02 bits per heavy atom. The number of nitrogens with one attached hydrogen (secondary N) is 5. The maximum atomic E-state index is 12.0. The van der Waals surface area contributed by atoms with E-state index in [2.05, 4.69) is 31.2 Å². The maximum absolute atomic E-state index is 12.0. The van der Waals surface area contributed by atoms with Gasteiger partial charge in [-0.25, -0.2) is 4.98 Å². The van der Waals surface area contributed by atoms with Crippen molar-refractivity contribution in [2.24, 2.45) is 0 Å². The number of amides is 3. The first-order valence-electron chi connectivity index (χ1n) is 14.3. The van der Waals surface area contributed by atoms with Gasteiger partial charge in [-0.1, -0.05) is 0 Å². The molecule has 0 aromatic carbocycles. The van der Waals surface area contributed by atoms with Crippen LogP contribution in [0.25, 0.3) is 0 Å². The molecule has 1 aromatic heterocycles. The Bertz CT molecular complexity index is 931. The van der Waals surface area contributed by atoms with E-state index in [0.717, 1.165) is 5.69 Å². The number of unbranched alkanes of at least 4 members (excludes halogenated alkanes) is 1. The molecule has 16 heteroatoms. The molecule has 0 saturated carbocycles. The van der Waals surface area contributed by atoms with Crippen LogP contribution in [0.5, 0.6) is 0 Å². The van der Waals surface area contributed by atoms with Gasteiger partial charge in [-0.2, -0.15) is 0 Å². The summed E-state index contributed by atoms with van der Waals surface area (Å²) in [6.45, 7) is 3.97. The van der Waals surface area contributed by atoms with E-state index in [1.807, 2.05) is 0 Å². The summed E-state index contributed by atoms with van der Waals surface area (Å²) < 4.78 is 21.0. The van der Waals surface area contributed by atoms with Gasteiger partial charge >= 0.3 is 5.97 Å². The van der Waals surface area contributed by atoms with Crippen molar-refractivity contribution in [1.29, 1.82) is 0 Å². The molecule has 1 rings (SSSR count). The number of carboxylic acids is 1. The quantitative estimate of drug-likeness (QED) is 0.0598. The van der Waals surface area contributed by atoms with E-state index in [1.165, 1.54) is 13.3 Å². The van der Waals surface area contributed by atoms with Crippen molar-refractivity contribution in [2.75, 3.05) is 79.0 Å². The van der Waals surface area contributed by atoms with Gasteiger partial charge in [0, 0.05) is 44.9 Å². The second-order valence-corrected chi connectivity index (χ2v) is 9.40. The van der Waals surface area contributed by atoms with E-state index in [1.54, 1.807) is 6.20 Å². The number of aliphatic carboxylic acids is 1. The number of aromatic amines is 1. The number of ketones is 1. The van der Waals surface area contributed by atoms with Gasteiger partial charge in [0.05, 0.1) is 52.5 Å².